The normalized spacial score (nSPS) is 10.2. The van der Waals surface area contributed by atoms with E-state index in [0.717, 1.165) is 0 Å². The maximum atomic E-state index is 5.51. The highest BCUT2D eigenvalue weighted by Gasteiger charge is 2.08. The Labute approximate surface area is 78.8 Å². The van der Waals surface area contributed by atoms with Crippen LogP contribution in [0.15, 0.2) is 23.1 Å². The third kappa shape index (κ3) is 1.65. The summed E-state index contributed by atoms with van der Waals surface area (Å²) in [6.45, 7) is 0. The summed E-state index contributed by atoms with van der Waals surface area (Å²) in [6, 6.07) is 0. The van der Waals surface area contributed by atoms with Gasteiger partial charge in [0.05, 0.1) is 12.1 Å². The number of rotatable bonds is 2. The Morgan fingerprint density at radius 1 is 1.38 bits per heavy atom. The summed E-state index contributed by atoms with van der Waals surface area (Å²) in [6.07, 6.45) is 4.67. The van der Waals surface area contributed by atoms with Crippen molar-refractivity contribution in [2.45, 2.75) is 5.88 Å². The highest BCUT2D eigenvalue weighted by Crippen LogP contribution is 2.12. The van der Waals surface area contributed by atoms with Crippen LogP contribution in [-0.4, -0.2) is 20.1 Å². The van der Waals surface area contributed by atoms with Gasteiger partial charge in [0.2, 0.25) is 0 Å². The van der Waals surface area contributed by atoms with Gasteiger partial charge >= 0.3 is 0 Å². The van der Waals surface area contributed by atoms with Gasteiger partial charge in [-0.15, -0.1) is 11.6 Å². The van der Waals surface area contributed by atoms with Crippen LogP contribution >= 0.6 is 11.6 Å². The van der Waals surface area contributed by atoms with Gasteiger partial charge in [-0.05, 0) is 0 Å². The van der Waals surface area contributed by atoms with Gasteiger partial charge < -0.3 is 4.52 Å². The summed E-state index contributed by atoms with van der Waals surface area (Å²) in [4.78, 5) is 11.9. The van der Waals surface area contributed by atoms with E-state index in [9.17, 15) is 0 Å². The highest BCUT2D eigenvalue weighted by molar-refractivity contribution is 6.16. The van der Waals surface area contributed by atoms with Crippen molar-refractivity contribution >= 4 is 11.6 Å². The van der Waals surface area contributed by atoms with Gasteiger partial charge in [-0.25, -0.2) is 4.98 Å². The van der Waals surface area contributed by atoms with E-state index in [1.165, 1.54) is 0 Å². The van der Waals surface area contributed by atoms with Crippen molar-refractivity contribution in [2.24, 2.45) is 0 Å². The molecule has 0 radical (unpaired) electrons. The molecule has 0 aliphatic rings. The Kier molecular flexibility index (Phi) is 2.18. The highest BCUT2D eigenvalue weighted by atomic mass is 35.5. The number of nitrogens with zero attached hydrogens (tertiary/aromatic N) is 4. The van der Waals surface area contributed by atoms with Gasteiger partial charge in [0.25, 0.3) is 5.89 Å². The smallest absolute Gasteiger partial charge is 0.278 e. The molecule has 0 aliphatic carbocycles. The van der Waals surface area contributed by atoms with Crippen molar-refractivity contribution in [2.75, 3.05) is 0 Å². The Bertz CT molecular complexity index is 388. The number of alkyl halides is 1. The second-order valence-electron chi connectivity index (χ2n) is 2.24. The zero-order valence-electron chi connectivity index (χ0n) is 6.51. The molecule has 0 N–H and O–H groups in total. The molecule has 2 aromatic rings. The molecule has 2 heterocycles. The Hall–Kier alpha value is -1.49. The van der Waals surface area contributed by atoms with Crippen LogP contribution in [0.25, 0.3) is 11.6 Å². The van der Waals surface area contributed by atoms with Crippen LogP contribution in [0.4, 0.5) is 0 Å². The maximum absolute atomic E-state index is 5.51. The summed E-state index contributed by atoms with van der Waals surface area (Å²) in [5.41, 5.74) is 0.548. The lowest BCUT2D eigenvalue weighted by atomic mass is 10.4. The minimum atomic E-state index is 0.226. The molecule has 13 heavy (non-hydrogen) atoms. The van der Waals surface area contributed by atoms with Crippen molar-refractivity contribution in [3.8, 4) is 11.6 Å². The lowest BCUT2D eigenvalue weighted by Gasteiger charge is -1.88. The third-order valence-electron chi connectivity index (χ3n) is 1.37. The van der Waals surface area contributed by atoms with E-state index in [0.29, 0.717) is 17.4 Å². The van der Waals surface area contributed by atoms with E-state index in [1.807, 2.05) is 0 Å². The molecular weight excluding hydrogens is 192 g/mol. The second-order valence-corrected chi connectivity index (χ2v) is 2.51. The lowest BCUT2D eigenvalue weighted by Crippen LogP contribution is -1.84. The van der Waals surface area contributed by atoms with Crippen molar-refractivity contribution < 1.29 is 4.52 Å². The molecule has 0 aliphatic heterocycles. The Morgan fingerprint density at radius 2 is 2.31 bits per heavy atom. The van der Waals surface area contributed by atoms with E-state index in [4.69, 9.17) is 16.1 Å². The molecule has 2 rings (SSSR count). The topological polar surface area (TPSA) is 64.7 Å². The quantitative estimate of drug-likeness (QED) is 0.677. The zero-order chi connectivity index (χ0) is 9.10. The summed E-state index contributed by atoms with van der Waals surface area (Å²) < 4.78 is 4.89. The van der Waals surface area contributed by atoms with E-state index in [-0.39, 0.29) is 5.88 Å². The van der Waals surface area contributed by atoms with Gasteiger partial charge in [0.1, 0.15) is 5.69 Å². The fraction of sp³-hybridized carbons (Fsp3) is 0.143. The predicted octanol–water partition coefficient (Wildman–Crippen LogP) is 1.27. The molecule has 0 unspecified atom stereocenters. The molecule has 0 saturated heterocycles. The van der Waals surface area contributed by atoms with Crippen LogP contribution in [0, 0.1) is 0 Å². The van der Waals surface area contributed by atoms with Crippen molar-refractivity contribution in [3.63, 3.8) is 0 Å². The van der Waals surface area contributed by atoms with Gasteiger partial charge in [0, 0.05) is 12.4 Å². The standard InChI is InChI=1S/C7H5ClN4O/c8-3-6-11-7(13-12-6)5-4-9-1-2-10-5/h1-2,4H,3H2. The Morgan fingerprint density at radius 3 is 2.92 bits per heavy atom. The summed E-state index contributed by atoms with van der Waals surface area (Å²) in [5.74, 6) is 1.01. The van der Waals surface area contributed by atoms with E-state index in [2.05, 4.69) is 20.1 Å². The molecule has 6 heteroatoms. The molecule has 0 spiro atoms. The van der Waals surface area contributed by atoms with Crippen LogP contribution in [-0.2, 0) is 5.88 Å². The molecule has 2 aromatic heterocycles. The molecule has 0 amide bonds. The molecule has 66 valence electrons. The fourth-order valence-electron chi connectivity index (χ4n) is 0.822. The zero-order valence-corrected chi connectivity index (χ0v) is 7.27. The average molecular weight is 197 g/mol. The molecular formula is C7H5ClN4O. The number of aromatic nitrogens is 4. The summed E-state index contributed by atoms with van der Waals surface area (Å²) >= 11 is 5.51. The molecule has 5 nitrogen and oxygen atoms in total. The average Bonchev–Trinajstić information content (AvgIpc) is 2.67. The molecule has 0 saturated carbocycles. The minimum Gasteiger partial charge on any atom is -0.332 e. The maximum Gasteiger partial charge on any atom is 0.278 e. The second kappa shape index (κ2) is 3.49. The van der Waals surface area contributed by atoms with E-state index >= 15 is 0 Å². The number of hydrogen-bond donors (Lipinski definition) is 0. The summed E-state index contributed by atoms with van der Waals surface area (Å²) in [7, 11) is 0. The molecule has 0 fully saturated rings. The first-order valence-electron chi connectivity index (χ1n) is 3.55. The lowest BCUT2D eigenvalue weighted by molar-refractivity contribution is 0.423. The van der Waals surface area contributed by atoms with Crippen LogP contribution in [0.2, 0.25) is 0 Å². The molecule has 0 atom stereocenters. The van der Waals surface area contributed by atoms with Crippen LogP contribution in [0.5, 0.6) is 0 Å². The number of hydrogen-bond acceptors (Lipinski definition) is 5. The molecule has 0 bridgehead atoms. The van der Waals surface area contributed by atoms with E-state index in [1.54, 1.807) is 18.6 Å². The van der Waals surface area contributed by atoms with Crippen LogP contribution in [0.1, 0.15) is 5.82 Å². The minimum absolute atomic E-state index is 0.226. The third-order valence-corrected chi connectivity index (χ3v) is 1.61. The largest absolute Gasteiger partial charge is 0.332 e. The van der Waals surface area contributed by atoms with Crippen LogP contribution in [0.3, 0.4) is 0 Å². The van der Waals surface area contributed by atoms with Crippen molar-refractivity contribution in [1.82, 2.24) is 20.1 Å². The first kappa shape index (κ1) is 8.12. The fourth-order valence-corrected chi connectivity index (χ4v) is 0.930. The van der Waals surface area contributed by atoms with Gasteiger partial charge in [-0.3, -0.25) is 4.98 Å². The first-order valence-corrected chi connectivity index (χ1v) is 4.08. The summed E-state index contributed by atoms with van der Waals surface area (Å²) in [5, 5.41) is 3.63. The molecule has 0 aromatic carbocycles. The monoisotopic (exact) mass is 196 g/mol. The van der Waals surface area contributed by atoms with Gasteiger partial charge in [0.15, 0.2) is 5.82 Å². The number of halogens is 1. The van der Waals surface area contributed by atoms with Crippen molar-refractivity contribution in [3.05, 3.63) is 24.4 Å². The van der Waals surface area contributed by atoms with Gasteiger partial charge in [-0.1, -0.05) is 5.16 Å². The Balaban J connectivity index is 2.36. The first-order chi connectivity index (χ1) is 6.40. The van der Waals surface area contributed by atoms with Gasteiger partial charge in [-0.2, -0.15) is 4.98 Å². The predicted molar refractivity (Wildman–Crippen MR) is 44.9 cm³/mol. The van der Waals surface area contributed by atoms with Crippen LogP contribution < -0.4 is 0 Å². The SMILES string of the molecule is ClCc1noc(-c2cnccn2)n1. The van der Waals surface area contributed by atoms with E-state index < -0.39 is 0 Å². The van der Waals surface area contributed by atoms with Crippen molar-refractivity contribution in [1.29, 1.82) is 0 Å².